The minimum absolute atomic E-state index is 0.190. The molecular formula is C23H30N6O4S. The van der Waals surface area contributed by atoms with Crippen LogP contribution in [0.3, 0.4) is 0 Å². The molecule has 34 heavy (non-hydrogen) atoms. The highest BCUT2D eigenvalue weighted by molar-refractivity contribution is 7.21. The first-order chi connectivity index (χ1) is 16.5. The van der Waals surface area contributed by atoms with Gasteiger partial charge in [0.1, 0.15) is 22.4 Å². The van der Waals surface area contributed by atoms with Gasteiger partial charge in [0.15, 0.2) is 0 Å². The molecule has 0 aliphatic heterocycles. The van der Waals surface area contributed by atoms with Crippen LogP contribution in [0.4, 0.5) is 11.8 Å². The smallest absolute Gasteiger partial charge is 0.224 e. The number of pyridine rings is 1. The van der Waals surface area contributed by atoms with Crippen LogP contribution in [0.5, 0.6) is 0 Å². The number of nitrogens with zero attached hydrogens (tertiary/aromatic N) is 4. The van der Waals surface area contributed by atoms with E-state index in [9.17, 15) is 15.3 Å². The number of aliphatic hydroxyl groups excluding tert-OH is 3. The van der Waals surface area contributed by atoms with E-state index >= 15 is 0 Å². The van der Waals surface area contributed by atoms with Gasteiger partial charge in [0.05, 0.1) is 40.9 Å². The number of ether oxygens (including phenoxy) is 1. The topological polar surface area (TPSA) is 146 Å². The molecule has 5 rings (SSSR count). The van der Waals surface area contributed by atoms with Crippen molar-refractivity contribution in [2.75, 3.05) is 37.0 Å². The van der Waals surface area contributed by atoms with Crippen LogP contribution in [0.15, 0.2) is 18.5 Å². The summed E-state index contributed by atoms with van der Waals surface area (Å²) in [6.45, 7) is 3.66. The first-order valence-electron chi connectivity index (χ1n) is 11.7. The molecule has 10 nitrogen and oxygen atoms in total. The molecule has 0 saturated heterocycles. The lowest BCUT2D eigenvalue weighted by atomic mass is 10.1. The third-order valence-corrected chi connectivity index (χ3v) is 7.49. The van der Waals surface area contributed by atoms with Gasteiger partial charge in [0.2, 0.25) is 5.95 Å². The highest BCUT2D eigenvalue weighted by Crippen LogP contribution is 2.38. The number of aromatic nitrogens is 4. The zero-order chi connectivity index (χ0) is 23.7. The summed E-state index contributed by atoms with van der Waals surface area (Å²) in [7, 11) is 0. The minimum Gasteiger partial charge on any atom is -0.396 e. The van der Waals surface area contributed by atoms with E-state index in [4.69, 9.17) is 14.7 Å². The fourth-order valence-electron chi connectivity index (χ4n) is 4.29. The van der Waals surface area contributed by atoms with E-state index in [0.29, 0.717) is 37.3 Å². The predicted octanol–water partition coefficient (Wildman–Crippen LogP) is 1.81. The highest BCUT2D eigenvalue weighted by atomic mass is 32.1. The lowest BCUT2D eigenvalue weighted by molar-refractivity contribution is 0.00446. The molecule has 3 heterocycles. The van der Waals surface area contributed by atoms with Gasteiger partial charge < -0.3 is 30.7 Å². The van der Waals surface area contributed by atoms with Gasteiger partial charge in [-0.05, 0) is 38.2 Å². The molecule has 0 bridgehead atoms. The van der Waals surface area contributed by atoms with Crippen molar-refractivity contribution in [1.82, 2.24) is 19.9 Å². The summed E-state index contributed by atoms with van der Waals surface area (Å²) in [6, 6.07) is 1.45. The molecule has 2 saturated carbocycles. The second-order valence-corrected chi connectivity index (χ2v) is 10.1. The minimum atomic E-state index is -1.02. The lowest BCUT2D eigenvalue weighted by Crippen LogP contribution is -2.35. The number of rotatable bonds is 10. The van der Waals surface area contributed by atoms with E-state index in [1.54, 1.807) is 12.4 Å². The van der Waals surface area contributed by atoms with E-state index in [-0.39, 0.29) is 6.61 Å². The molecule has 2 aliphatic carbocycles. The fourth-order valence-corrected chi connectivity index (χ4v) is 5.32. The van der Waals surface area contributed by atoms with Crippen LogP contribution >= 0.6 is 11.3 Å². The molecule has 0 aromatic carbocycles. The molecule has 11 heteroatoms. The monoisotopic (exact) mass is 486 g/mol. The number of thiazole rings is 1. The Balaban J connectivity index is 1.41. The van der Waals surface area contributed by atoms with E-state index in [2.05, 4.69) is 20.6 Å². The molecule has 4 atom stereocenters. The van der Waals surface area contributed by atoms with Crippen LogP contribution < -0.4 is 10.6 Å². The molecule has 0 unspecified atom stereocenters. The number of fused-ring (bicyclic) bond motifs is 1. The van der Waals surface area contributed by atoms with Crippen molar-refractivity contribution in [2.45, 2.75) is 44.4 Å². The Labute approximate surface area is 201 Å². The van der Waals surface area contributed by atoms with E-state index < -0.39 is 24.2 Å². The van der Waals surface area contributed by atoms with Gasteiger partial charge >= 0.3 is 0 Å². The lowest BCUT2D eigenvalue weighted by Gasteiger charge is -2.21. The molecule has 2 fully saturated rings. The fraction of sp³-hybridized carbons (Fsp3) is 0.565. The number of aliphatic hydroxyl groups is 3. The summed E-state index contributed by atoms with van der Waals surface area (Å²) in [5.74, 6) is 1.30. The maximum atomic E-state index is 10.6. The molecule has 3 aromatic rings. The average Bonchev–Trinajstić information content (AvgIpc) is 3.49. The number of hydrogen-bond donors (Lipinski definition) is 5. The Kier molecular flexibility index (Phi) is 6.89. The summed E-state index contributed by atoms with van der Waals surface area (Å²) in [5, 5.41) is 37.7. The van der Waals surface area contributed by atoms with Crippen molar-refractivity contribution in [2.24, 2.45) is 11.8 Å². The zero-order valence-electron chi connectivity index (χ0n) is 19.0. The van der Waals surface area contributed by atoms with Gasteiger partial charge in [-0.1, -0.05) is 0 Å². The summed E-state index contributed by atoms with van der Waals surface area (Å²) < 4.78 is 6.69. The Morgan fingerprint density at radius 1 is 1.18 bits per heavy atom. The van der Waals surface area contributed by atoms with Crippen LogP contribution in [0.25, 0.3) is 20.8 Å². The number of hydrogen-bond acceptors (Lipinski definition) is 11. The zero-order valence-corrected chi connectivity index (χ0v) is 19.8. The van der Waals surface area contributed by atoms with Gasteiger partial charge in [-0.3, -0.25) is 4.98 Å². The Morgan fingerprint density at radius 3 is 2.76 bits per heavy atom. The molecule has 2 aliphatic rings. The third-order valence-electron chi connectivity index (χ3n) is 6.43. The van der Waals surface area contributed by atoms with Crippen molar-refractivity contribution < 1.29 is 20.1 Å². The van der Waals surface area contributed by atoms with E-state index in [1.165, 1.54) is 24.2 Å². The number of nitrogens with one attached hydrogen (secondary N) is 2. The van der Waals surface area contributed by atoms with Crippen molar-refractivity contribution >= 4 is 33.3 Å². The number of aryl methyl sites for hydroxylation is 1. The van der Waals surface area contributed by atoms with Crippen LogP contribution in [-0.2, 0) is 4.74 Å². The average molecular weight is 487 g/mol. The molecule has 5 N–H and O–H groups in total. The van der Waals surface area contributed by atoms with Crippen molar-refractivity contribution in [3.8, 4) is 10.6 Å². The van der Waals surface area contributed by atoms with Crippen molar-refractivity contribution in [1.29, 1.82) is 0 Å². The molecule has 0 amide bonds. The van der Waals surface area contributed by atoms with Gasteiger partial charge in [0, 0.05) is 31.9 Å². The summed E-state index contributed by atoms with van der Waals surface area (Å²) in [4.78, 5) is 18.2. The third kappa shape index (κ3) is 4.98. The summed E-state index contributed by atoms with van der Waals surface area (Å²) in [5.41, 5.74) is 2.27. The first kappa shape index (κ1) is 23.3. The maximum absolute atomic E-state index is 10.6. The van der Waals surface area contributed by atoms with Crippen molar-refractivity contribution in [3.63, 3.8) is 0 Å². The van der Waals surface area contributed by atoms with E-state index in [1.807, 2.05) is 13.0 Å². The van der Waals surface area contributed by atoms with Crippen LogP contribution in [0.2, 0.25) is 0 Å². The summed E-state index contributed by atoms with van der Waals surface area (Å²) >= 11 is 1.52. The van der Waals surface area contributed by atoms with Gasteiger partial charge in [-0.25, -0.2) is 9.97 Å². The predicted molar refractivity (Wildman–Crippen MR) is 130 cm³/mol. The Bertz CT molecular complexity index is 1110. The molecular weight excluding hydrogens is 456 g/mol. The van der Waals surface area contributed by atoms with Gasteiger partial charge in [-0.15, -0.1) is 11.3 Å². The normalized spacial score (nSPS) is 24.6. The van der Waals surface area contributed by atoms with Gasteiger partial charge in [-0.2, -0.15) is 4.98 Å². The van der Waals surface area contributed by atoms with E-state index in [0.717, 1.165) is 33.1 Å². The first-order valence-corrected chi connectivity index (χ1v) is 12.5. The second-order valence-electron chi connectivity index (χ2n) is 9.07. The quantitative estimate of drug-likeness (QED) is 0.269. The van der Waals surface area contributed by atoms with Crippen LogP contribution in [0, 0.1) is 18.8 Å². The molecule has 3 aromatic heterocycles. The van der Waals surface area contributed by atoms with Crippen molar-refractivity contribution in [3.05, 3.63) is 24.2 Å². The Morgan fingerprint density at radius 2 is 2.03 bits per heavy atom. The summed E-state index contributed by atoms with van der Waals surface area (Å²) in [6.07, 6.45) is 4.37. The second kappa shape index (κ2) is 10.0. The van der Waals surface area contributed by atoms with Gasteiger partial charge in [0.25, 0.3) is 0 Å². The maximum Gasteiger partial charge on any atom is 0.224 e. The molecule has 182 valence electrons. The SMILES string of the molecule is Cc1nc(NCCOCC2CC2)nc(N[C@@H]2C[C@H](CO)[C@@H](O)[C@H]2O)c1-c1nc2cnccc2s1. The van der Waals surface area contributed by atoms with Crippen LogP contribution in [0.1, 0.15) is 25.0 Å². The number of anilines is 2. The van der Waals surface area contributed by atoms with Crippen LogP contribution in [-0.4, -0.2) is 79.9 Å². The standard InChI is InChI=1S/C23H30N6O4S/c1-12-18(22-28-16-9-24-5-4-17(16)34-22)21(27-15-8-14(10-30)19(31)20(15)32)29-23(26-12)25-6-7-33-11-13-2-3-13/h4-5,9,13-15,19-20,30-32H,2-3,6-8,10-11H2,1H3,(H2,25,26,27,29)/t14-,15-,19-,20+/m1/s1. The largest absolute Gasteiger partial charge is 0.396 e. The molecule has 0 spiro atoms. The molecule has 0 radical (unpaired) electrons. The Hall–Kier alpha value is -2.44. The highest BCUT2D eigenvalue weighted by Gasteiger charge is 2.41.